The van der Waals surface area contributed by atoms with E-state index in [0.717, 1.165) is 12.0 Å². The van der Waals surface area contributed by atoms with Crippen LogP contribution in [0.4, 0.5) is 0 Å². The van der Waals surface area contributed by atoms with Gasteiger partial charge in [-0.1, -0.05) is 19.1 Å². The topological polar surface area (TPSA) is 64.6 Å². The molecule has 0 atom stereocenters. The number of hydrogen-bond acceptors (Lipinski definition) is 4. The Labute approximate surface area is 112 Å². The predicted molar refractivity (Wildman–Crippen MR) is 70.7 cm³/mol. The second-order valence-corrected chi connectivity index (χ2v) is 4.06. The number of methoxy groups -OCH3 is 1. The number of amides is 1. The van der Waals surface area contributed by atoms with Crippen LogP contribution in [0.3, 0.4) is 0 Å². The highest BCUT2D eigenvalue weighted by atomic mass is 16.5. The van der Waals surface area contributed by atoms with E-state index in [9.17, 15) is 9.59 Å². The zero-order chi connectivity index (χ0) is 14.1. The Bertz CT molecular complexity index is 431. The van der Waals surface area contributed by atoms with Crippen LogP contribution in [0.15, 0.2) is 24.3 Å². The van der Waals surface area contributed by atoms with Gasteiger partial charge in [0.15, 0.2) is 6.61 Å². The first-order chi connectivity index (χ1) is 9.17. The van der Waals surface area contributed by atoms with Crippen LogP contribution in [-0.2, 0) is 20.9 Å². The summed E-state index contributed by atoms with van der Waals surface area (Å²) in [4.78, 5) is 23.0. The molecule has 19 heavy (non-hydrogen) atoms. The van der Waals surface area contributed by atoms with Crippen molar-refractivity contribution in [2.75, 3.05) is 20.3 Å². The molecule has 0 unspecified atom stereocenters. The number of nitrogens with one attached hydrogen (secondary N) is 1. The van der Waals surface area contributed by atoms with E-state index >= 15 is 0 Å². The number of carbonyl (C=O) groups excluding carboxylic acids is 2. The van der Waals surface area contributed by atoms with Crippen LogP contribution in [0.25, 0.3) is 0 Å². The highest BCUT2D eigenvalue weighted by molar-refractivity contribution is 5.91. The van der Waals surface area contributed by atoms with Crippen LogP contribution < -0.4 is 5.32 Å². The Balaban J connectivity index is 2.49. The molecule has 5 heteroatoms. The second-order valence-electron chi connectivity index (χ2n) is 4.06. The first kappa shape index (κ1) is 15.2. The third kappa shape index (κ3) is 5.52. The van der Waals surface area contributed by atoms with Crippen LogP contribution in [0, 0.1) is 0 Å². The van der Waals surface area contributed by atoms with E-state index in [1.807, 2.05) is 13.0 Å². The van der Waals surface area contributed by atoms with Crippen LogP contribution in [-0.4, -0.2) is 32.1 Å². The summed E-state index contributed by atoms with van der Waals surface area (Å²) in [5, 5.41) is 2.63. The van der Waals surface area contributed by atoms with Crippen molar-refractivity contribution in [3.8, 4) is 0 Å². The van der Waals surface area contributed by atoms with Gasteiger partial charge in [0.2, 0.25) is 0 Å². The molecule has 104 valence electrons. The van der Waals surface area contributed by atoms with Crippen molar-refractivity contribution >= 4 is 11.9 Å². The smallest absolute Gasteiger partial charge is 0.338 e. The Morgan fingerprint density at radius 1 is 1.32 bits per heavy atom. The van der Waals surface area contributed by atoms with E-state index in [4.69, 9.17) is 9.47 Å². The maximum Gasteiger partial charge on any atom is 0.338 e. The molecule has 0 aliphatic rings. The second kappa shape index (κ2) is 8.26. The summed E-state index contributed by atoms with van der Waals surface area (Å²) in [5.41, 5.74) is 1.30. The van der Waals surface area contributed by atoms with Gasteiger partial charge in [-0.25, -0.2) is 4.79 Å². The maximum atomic E-state index is 11.7. The molecule has 0 bridgehead atoms. The van der Waals surface area contributed by atoms with Crippen LogP contribution in [0.1, 0.15) is 29.3 Å². The number of benzene rings is 1. The van der Waals surface area contributed by atoms with Crippen LogP contribution in [0.2, 0.25) is 0 Å². The molecule has 1 rings (SSSR count). The molecule has 1 aromatic rings. The fourth-order valence-corrected chi connectivity index (χ4v) is 1.48. The molecule has 0 aliphatic heterocycles. The number of rotatable bonds is 7. The third-order valence-electron chi connectivity index (χ3n) is 2.38. The third-order valence-corrected chi connectivity index (χ3v) is 2.38. The van der Waals surface area contributed by atoms with Gasteiger partial charge >= 0.3 is 5.97 Å². The largest absolute Gasteiger partial charge is 0.452 e. The van der Waals surface area contributed by atoms with Gasteiger partial charge in [-0.2, -0.15) is 0 Å². The molecule has 0 saturated heterocycles. The SMILES string of the molecule is CCCNC(=O)COC(=O)c1cccc(COC)c1. The average Bonchev–Trinajstić information content (AvgIpc) is 2.43. The lowest BCUT2D eigenvalue weighted by molar-refractivity contribution is -0.124. The molecule has 0 spiro atoms. The minimum Gasteiger partial charge on any atom is -0.452 e. The minimum atomic E-state index is -0.510. The summed E-state index contributed by atoms with van der Waals surface area (Å²) in [6.45, 7) is 2.71. The van der Waals surface area contributed by atoms with Crippen molar-refractivity contribution < 1.29 is 19.1 Å². The zero-order valence-corrected chi connectivity index (χ0v) is 11.3. The van der Waals surface area contributed by atoms with Gasteiger partial charge < -0.3 is 14.8 Å². The first-order valence-electron chi connectivity index (χ1n) is 6.19. The lowest BCUT2D eigenvalue weighted by Crippen LogP contribution is -2.29. The van der Waals surface area contributed by atoms with E-state index in [1.165, 1.54) is 0 Å². The van der Waals surface area contributed by atoms with E-state index < -0.39 is 5.97 Å². The van der Waals surface area contributed by atoms with E-state index in [1.54, 1.807) is 25.3 Å². The molecule has 1 amide bonds. The van der Waals surface area contributed by atoms with Gasteiger partial charge in [-0.15, -0.1) is 0 Å². The number of esters is 1. The summed E-state index contributed by atoms with van der Waals surface area (Å²) in [5.74, 6) is -0.798. The van der Waals surface area contributed by atoms with Crippen molar-refractivity contribution in [1.82, 2.24) is 5.32 Å². The molecule has 1 aromatic carbocycles. The van der Waals surface area contributed by atoms with Gasteiger partial charge in [0.05, 0.1) is 12.2 Å². The van der Waals surface area contributed by atoms with Gasteiger partial charge in [-0.05, 0) is 24.1 Å². The quantitative estimate of drug-likeness (QED) is 0.759. The van der Waals surface area contributed by atoms with Crippen LogP contribution >= 0.6 is 0 Å². The van der Waals surface area contributed by atoms with Gasteiger partial charge in [0.25, 0.3) is 5.91 Å². The van der Waals surface area contributed by atoms with Gasteiger partial charge in [0.1, 0.15) is 0 Å². The van der Waals surface area contributed by atoms with E-state index in [2.05, 4.69) is 5.32 Å². The Morgan fingerprint density at radius 2 is 2.11 bits per heavy atom. The highest BCUT2D eigenvalue weighted by Crippen LogP contribution is 2.07. The zero-order valence-electron chi connectivity index (χ0n) is 11.3. The summed E-state index contributed by atoms with van der Waals surface area (Å²) in [7, 11) is 1.59. The monoisotopic (exact) mass is 265 g/mol. The normalized spacial score (nSPS) is 10.0. The standard InChI is InChI=1S/C14H19NO4/c1-3-7-15-13(16)10-19-14(17)12-6-4-5-11(8-12)9-18-2/h4-6,8H,3,7,9-10H2,1-2H3,(H,15,16). The van der Waals surface area contributed by atoms with E-state index in [-0.39, 0.29) is 12.5 Å². The molecule has 0 aliphatic carbocycles. The predicted octanol–water partition coefficient (Wildman–Crippen LogP) is 1.52. The maximum absolute atomic E-state index is 11.7. The molecule has 5 nitrogen and oxygen atoms in total. The molecule has 0 aromatic heterocycles. The summed E-state index contributed by atoms with van der Waals surface area (Å²) < 4.78 is 9.92. The molecule has 0 saturated carbocycles. The summed E-state index contributed by atoms with van der Waals surface area (Å²) in [6.07, 6.45) is 0.846. The lowest BCUT2D eigenvalue weighted by atomic mass is 10.1. The Morgan fingerprint density at radius 3 is 2.79 bits per heavy atom. The Hall–Kier alpha value is -1.88. The van der Waals surface area contributed by atoms with Gasteiger partial charge in [-0.3, -0.25) is 4.79 Å². The first-order valence-corrected chi connectivity index (χ1v) is 6.19. The van der Waals surface area contributed by atoms with Crippen molar-refractivity contribution in [2.24, 2.45) is 0 Å². The summed E-state index contributed by atoms with van der Waals surface area (Å²) in [6, 6.07) is 6.94. The number of carbonyl (C=O) groups is 2. The fourth-order valence-electron chi connectivity index (χ4n) is 1.48. The van der Waals surface area contributed by atoms with Gasteiger partial charge in [0, 0.05) is 13.7 Å². The number of hydrogen-bond donors (Lipinski definition) is 1. The lowest BCUT2D eigenvalue weighted by Gasteiger charge is -2.06. The molecular weight excluding hydrogens is 246 g/mol. The fraction of sp³-hybridized carbons (Fsp3) is 0.429. The molecular formula is C14H19NO4. The van der Waals surface area contributed by atoms with Crippen LogP contribution in [0.5, 0.6) is 0 Å². The molecule has 0 fully saturated rings. The van der Waals surface area contributed by atoms with Crippen molar-refractivity contribution in [2.45, 2.75) is 20.0 Å². The summed E-state index contributed by atoms with van der Waals surface area (Å²) >= 11 is 0. The van der Waals surface area contributed by atoms with E-state index in [0.29, 0.717) is 18.7 Å². The Kier molecular flexibility index (Phi) is 6.60. The molecule has 1 N–H and O–H groups in total. The molecule has 0 radical (unpaired) electrons. The minimum absolute atomic E-state index is 0.257. The number of ether oxygens (including phenoxy) is 2. The molecule has 0 heterocycles. The van der Waals surface area contributed by atoms with Crippen molar-refractivity contribution in [3.05, 3.63) is 35.4 Å². The average molecular weight is 265 g/mol. The van der Waals surface area contributed by atoms with Crippen molar-refractivity contribution in [1.29, 1.82) is 0 Å². The van der Waals surface area contributed by atoms with Crippen molar-refractivity contribution in [3.63, 3.8) is 0 Å². The highest BCUT2D eigenvalue weighted by Gasteiger charge is 2.10.